The Morgan fingerprint density at radius 2 is 0.368 bits per heavy atom. The first-order valence-electron chi connectivity index (χ1n) is 24.9. The highest BCUT2D eigenvalue weighted by Gasteiger charge is 2.15. The van der Waals surface area contributed by atoms with Gasteiger partial charge in [-0.3, -0.25) is 0 Å². The molecule has 0 saturated heterocycles. The van der Waals surface area contributed by atoms with E-state index < -0.39 is 0 Å². The fourth-order valence-electron chi connectivity index (χ4n) is 9.92. The van der Waals surface area contributed by atoms with Crippen LogP contribution in [0.1, 0.15) is 66.8 Å². The van der Waals surface area contributed by atoms with Gasteiger partial charge in [-0.2, -0.15) is 0 Å². The molecule has 76 heavy (non-hydrogen) atoms. The summed E-state index contributed by atoms with van der Waals surface area (Å²) in [6.07, 6.45) is 0. The maximum absolute atomic E-state index is 3.61. The largest absolute Gasteiger partial charge is 0.0616 e. The molecule has 0 atom stereocenters. The first-order chi connectivity index (χ1) is 37.6. The average molecular weight is 949 g/mol. The summed E-state index contributed by atoms with van der Waals surface area (Å²) < 4.78 is 0. The van der Waals surface area contributed by atoms with Gasteiger partial charge < -0.3 is 0 Å². The smallest absolute Gasteiger partial charge is 0.0407 e. The van der Waals surface area contributed by atoms with Crippen LogP contribution in [0.15, 0.2) is 218 Å². The van der Waals surface area contributed by atoms with Crippen molar-refractivity contribution in [3.8, 4) is 94.7 Å². The maximum Gasteiger partial charge on any atom is 0.0407 e. The molecule has 0 N–H and O–H groups in total. The second-order valence-electron chi connectivity index (χ2n) is 18.4. The molecule has 0 radical (unpaired) electrons. The fourth-order valence-corrected chi connectivity index (χ4v) is 9.92. The van der Waals surface area contributed by atoms with Crippen molar-refractivity contribution in [1.82, 2.24) is 0 Å². The summed E-state index contributed by atoms with van der Waals surface area (Å²) in [5.41, 5.74) is 10.5. The number of fused-ring (bicyclic) bond motifs is 16. The van der Waals surface area contributed by atoms with Gasteiger partial charge in [0.1, 0.15) is 0 Å². The Morgan fingerprint density at radius 1 is 0.158 bits per heavy atom. The Balaban J connectivity index is 0.968. The summed E-state index contributed by atoms with van der Waals surface area (Å²) in [5, 5.41) is 12.9. The Morgan fingerprint density at radius 3 is 0.605 bits per heavy atom. The van der Waals surface area contributed by atoms with E-state index in [9.17, 15) is 0 Å². The van der Waals surface area contributed by atoms with Crippen molar-refractivity contribution in [2.75, 3.05) is 0 Å². The monoisotopic (exact) mass is 948 g/mol. The summed E-state index contributed by atoms with van der Waals surface area (Å²) in [4.78, 5) is 0. The van der Waals surface area contributed by atoms with Crippen LogP contribution < -0.4 is 0 Å². The number of hydrogen-bond acceptors (Lipinski definition) is 0. The highest BCUT2D eigenvalue weighted by atomic mass is 14.2. The van der Waals surface area contributed by atoms with Crippen molar-refractivity contribution in [3.05, 3.63) is 285 Å². The van der Waals surface area contributed by atoms with Crippen LogP contribution in [0.3, 0.4) is 0 Å². The van der Waals surface area contributed by atoms with Crippen molar-refractivity contribution in [2.45, 2.75) is 0 Å². The molecule has 1 aliphatic rings. The fraction of sp³-hybridized carbons (Fsp3) is 0. The van der Waals surface area contributed by atoms with Crippen LogP contribution in [-0.4, -0.2) is 0 Å². The molecule has 12 bridgehead atoms. The summed E-state index contributed by atoms with van der Waals surface area (Å²) >= 11 is 0. The molecule has 0 aromatic heterocycles. The molecule has 0 spiro atoms. The Kier molecular flexibility index (Phi) is 11.6. The molecule has 12 aromatic rings. The molecule has 0 nitrogen and oxygen atoms in total. The molecule has 0 saturated carbocycles. The summed E-state index contributed by atoms with van der Waals surface area (Å²) in [5.74, 6) is 53.8. The molecule has 0 fully saturated rings. The lowest BCUT2D eigenvalue weighted by atomic mass is 9.90. The molecular formula is C76H36. The second kappa shape index (κ2) is 19.7. The first kappa shape index (κ1) is 44.6. The minimum absolute atomic E-state index is 0.830. The van der Waals surface area contributed by atoms with Crippen LogP contribution in [-0.2, 0) is 0 Å². The highest BCUT2D eigenvalue weighted by molar-refractivity contribution is 6.15. The van der Waals surface area contributed by atoms with Gasteiger partial charge in [-0.15, -0.1) is 0 Å². The SMILES string of the molecule is C1#Cc2cccc(c2)C#Cc2c3ccccc3c(c3cc4ccccc4cc23)C#Cc2cccc(c2)C#CC#Cc2cccc(c2)C#Cc2c3ccccc3c(c3cc4ccccc4cc23)C#Cc2cccc(c2)C#C1. The number of rotatable bonds is 0. The second-order valence-corrected chi connectivity index (χ2v) is 18.4. The standard InChI is InChI=1S/C76H36/c1-2-18-54-22-14-26-58(46-54)38-42-70-67-35-11-12-36-68(67)72(76-52-64-32-8-7-30-62(64)50-74(70)76)44-40-60-28-16-24-56(48-60)20-4-3-19-55-23-15-27-59(47-55)39-43-71-66-34-10-9-33-65(66)69(41-37-57-25-13-21-53(17-1)45-57)73-49-61-29-5-6-31-63(61)51-75(71)73/h5-16,21-36,45-52H. The van der Waals surface area contributed by atoms with Gasteiger partial charge in [-0.05, 0) is 185 Å². The Bertz CT molecular complexity index is 4400. The van der Waals surface area contributed by atoms with E-state index in [0.717, 1.165) is 131 Å². The van der Waals surface area contributed by atoms with Crippen molar-refractivity contribution in [1.29, 1.82) is 0 Å². The Hall–Kier alpha value is -11.3. The highest BCUT2D eigenvalue weighted by Crippen LogP contribution is 2.37. The minimum Gasteiger partial charge on any atom is -0.0616 e. The molecule has 13 rings (SSSR count). The van der Waals surface area contributed by atoms with Crippen LogP contribution in [0.2, 0.25) is 0 Å². The van der Waals surface area contributed by atoms with Crippen molar-refractivity contribution in [3.63, 3.8) is 0 Å². The van der Waals surface area contributed by atoms with Crippen LogP contribution in [0.4, 0.5) is 0 Å². The van der Waals surface area contributed by atoms with Gasteiger partial charge in [0.25, 0.3) is 0 Å². The zero-order valence-corrected chi connectivity index (χ0v) is 40.8. The molecule has 0 unspecified atom stereocenters. The molecule has 12 aromatic carbocycles. The molecule has 340 valence electrons. The zero-order chi connectivity index (χ0) is 50.6. The predicted molar refractivity (Wildman–Crippen MR) is 315 cm³/mol. The quantitative estimate of drug-likeness (QED) is 0.105. The van der Waals surface area contributed by atoms with Crippen molar-refractivity contribution in [2.24, 2.45) is 0 Å². The van der Waals surface area contributed by atoms with Gasteiger partial charge in [0.2, 0.25) is 0 Å². The lowest BCUT2D eigenvalue weighted by molar-refractivity contribution is 1.59. The van der Waals surface area contributed by atoms with E-state index in [1.807, 2.05) is 97.1 Å². The van der Waals surface area contributed by atoms with Gasteiger partial charge in [-0.1, -0.05) is 192 Å². The third kappa shape index (κ3) is 9.01. The van der Waals surface area contributed by atoms with Crippen LogP contribution >= 0.6 is 0 Å². The van der Waals surface area contributed by atoms with E-state index in [4.69, 9.17) is 0 Å². The van der Waals surface area contributed by atoms with Crippen molar-refractivity contribution < 1.29 is 0 Å². The first-order valence-corrected chi connectivity index (χ1v) is 24.9. The minimum atomic E-state index is 0.830. The predicted octanol–water partition coefficient (Wildman–Crippen LogP) is 15.3. The molecule has 1 aliphatic carbocycles. The van der Waals surface area contributed by atoms with Crippen LogP contribution in [0.25, 0.3) is 64.6 Å². The van der Waals surface area contributed by atoms with Crippen molar-refractivity contribution >= 4 is 64.6 Å². The molecule has 0 amide bonds. The third-order valence-electron chi connectivity index (χ3n) is 13.5. The van der Waals surface area contributed by atoms with E-state index in [1.54, 1.807) is 0 Å². The number of hydrogen-bond donors (Lipinski definition) is 0. The average Bonchev–Trinajstić information content (AvgIpc) is 3.48. The van der Waals surface area contributed by atoms with Gasteiger partial charge in [0.15, 0.2) is 0 Å². The van der Waals surface area contributed by atoms with E-state index in [0.29, 0.717) is 0 Å². The summed E-state index contributed by atoms with van der Waals surface area (Å²) in [6, 6.07) is 74.8. The molecular weight excluding hydrogens is 913 g/mol. The van der Waals surface area contributed by atoms with Gasteiger partial charge in [0.05, 0.1) is 0 Å². The molecule has 0 aliphatic heterocycles. The van der Waals surface area contributed by atoms with Crippen LogP contribution in [0.5, 0.6) is 0 Å². The van der Waals surface area contributed by atoms with Gasteiger partial charge in [0, 0.05) is 66.8 Å². The van der Waals surface area contributed by atoms with E-state index in [1.165, 1.54) is 0 Å². The third-order valence-corrected chi connectivity index (χ3v) is 13.5. The normalized spacial score (nSPS) is 11.2. The zero-order valence-electron chi connectivity index (χ0n) is 40.8. The summed E-state index contributed by atoms with van der Waals surface area (Å²) in [7, 11) is 0. The van der Waals surface area contributed by atoms with Gasteiger partial charge in [-0.25, -0.2) is 0 Å². The van der Waals surface area contributed by atoms with E-state index in [2.05, 4.69) is 216 Å². The topological polar surface area (TPSA) is 0 Å². The van der Waals surface area contributed by atoms with Gasteiger partial charge >= 0.3 is 0 Å². The van der Waals surface area contributed by atoms with E-state index >= 15 is 0 Å². The van der Waals surface area contributed by atoms with Crippen LogP contribution in [0, 0.1) is 94.7 Å². The lowest BCUT2D eigenvalue weighted by Crippen LogP contribution is -1.91. The number of benzene rings is 12. The molecule has 0 heteroatoms. The van der Waals surface area contributed by atoms with E-state index in [-0.39, 0.29) is 0 Å². The summed E-state index contributed by atoms with van der Waals surface area (Å²) in [6.45, 7) is 0. The lowest BCUT2D eigenvalue weighted by Gasteiger charge is -2.12. The Labute approximate surface area is 442 Å². The molecule has 0 heterocycles. The maximum atomic E-state index is 3.61.